The maximum atomic E-state index is 14.7. The van der Waals surface area contributed by atoms with Crippen LogP contribution in [0.25, 0.3) is 0 Å². The number of rotatable bonds is 6. The maximum Gasteiger partial charge on any atom is 0.416 e. The van der Waals surface area contributed by atoms with E-state index in [1.165, 1.54) is 12.1 Å². The average molecular weight is 454 g/mol. The lowest BCUT2D eigenvalue weighted by atomic mass is 9.76. The second-order valence-corrected chi connectivity index (χ2v) is 9.00. The molecule has 2 aliphatic rings. The van der Waals surface area contributed by atoms with E-state index in [2.05, 4.69) is 0 Å². The lowest BCUT2D eigenvalue weighted by Gasteiger charge is -2.40. The normalized spacial score (nSPS) is 29.7. The molecule has 1 aromatic carbocycles. The van der Waals surface area contributed by atoms with Gasteiger partial charge in [-0.05, 0) is 68.6 Å². The van der Waals surface area contributed by atoms with E-state index in [9.17, 15) is 30.7 Å². The van der Waals surface area contributed by atoms with Gasteiger partial charge < -0.3 is 4.74 Å². The van der Waals surface area contributed by atoms with Crippen molar-refractivity contribution in [1.29, 1.82) is 0 Å². The molecule has 2 atom stereocenters. The molecule has 2 unspecified atom stereocenters. The first-order valence-corrected chi connectivity index (χ1v) is 11.0. The van der Waals surface area contributed by atoms with Gasteiger partial charge in [0.25, 0.3) is 5.92 Å². The van der Waals surface area contributed by atoms with Gasteiger partial charge in [0, 0.05) is 12.3 Å². The molecule has 0 heterocycles. The molecule has 3 rings (SSSR count). The van der Waals surface area contributed by atoms with Crippen LogP contribution in [0.5, 0.6) is 0 Å². The zero-order chi connectivity index (χ0) is 22.9. The SMILES string of the molecule is CCCC1CCC(C(F)(F)OC2CCC(c3ccc(C(F)(F)F)cc3)CC2)CC1(F)F. The van der Waals surface area contributed by atoms with E-state index in [0.29, 0.717) is 38.5 Å². The molecule has 2 aliphatic carbocycles. The number of hydrogen-bond acceptors (Lipinski definition) is 1. The molecule has 0 N–H and O–H groups in total. The standard InChI is InChI=1S/C23H29F7O/c1-2-3-17-10-11-19(14-21(17,24)25)23(29,30)31-20-12-6-16(7-13-20)15-4-8-18(9-5-15)22(26,27)28/h4-5,8-9,16-17,19-20H,2-3,6-7,10-14H2,1H3. The summed E-state index contributed by atoms with van der Waals surface area (Å²) in [5.74, 6) is -5.47. The van der Waals surface area contributed by atoms with E-state index < -0.39 is 48.1 Å². The highest BCUT2D eigenvalue weighted by Gasteiger charge is 2.53. The predicted molar refractivity (Wildman–Crippen MR) is 103 cm³/mol. The van der Waals surface area contributed by atoms with Crippen molar-refractivity contribution in [3.05, 3.63) is 35.4 Å². The largest absolute Gasteiger partial charge is 0.416 e. The second-order valence-electron chi connectivity index (χ2n) is 9.00. The third-order valence-corrected chi connectivity index (χ3v) is 6.80. The minimum Gasteiger partial charge on any atom is -0.317 e. The minimum atomic E-state index is -4.40. The van der Waals surface area contributed by atoms with Gasteiger partial charge in [-0.15, -0.1) is 0 Å². The first-order valence-electron chi connectivity index (χ1n) is 11.0. The van der Waals surface area contributed by atoms with Gasteiger partial charge >= 0.3 is 12.3 Å². The van der Waals surface area contributed by atoms with Crippen LogP contribution in [0, 0.1) is 11.8 Å². The predicted octanol–water partition coefficient (Wildman–Crippen LogP) is 8.19. The number of benzene rings is 1. The number of ether oxygens (including phenoxy) is 1. The van der Waals surface area contributed by atoms with Crippen molar-refractivity contribution in [2.24, 2.45) is 11.8 Å². The Morgan fingerprint density at radius 2 is 1.52 bits per heavy atom. The fraction of sp³-hybridized carbons (Fsp3) is 0.739. The van der Waals surface area contributed by atoms with Crippen molar-refractivity contribution >= 4 is 0 Å². The summed E-state index contributed by atoms with van der Waals surface area (Å²) in [6, 6.07) is 4.92. The summed E-state index contributed by atoms with van der Waals surface area (Å²) >= 11 is 0. The van der Waals surface area contributed by atoms with Crippen LogP contribution in [-0.2, 0) is 10.9 Å². The van der Waals surface area contributed by atoms with E-state index in [1.807, 2.05) is 0 Å². The van der Waals surface area contributed by atoms with Crippen molar-refractivity contribution in [3.8, 4) is 0 Å². The van der Waals surface area contributed by atoms with Crippen molar-refractivity contribution in [1.82, 2.24) is 0 Å². The number of halogens is 7. The summed E-state index contributed by atoms with van der Waals surface area (Å²) in [6.07, 6.45) is -6.91. The Labute approximate surface area is 178 Å². The first-order chi connectivity index (χ1) is 14.4. The molecule has 0 bridgehead atoms. The van der Waals surface area contributed by atoms with Crippen LogP contribution in [0.2, 0.25) is 0 Å². The highest BCUT2D eigenvalue weighted by molar-refractivity contribution is 5.27. The molecular weight excluding hydrogens is 425 g/mol. The van der Waals surface area contributed by atoms with Crippen LogP contribution in [0.4, 0.5) is 30.7 Å². The second kappa shape index (κ2) is 9.28. The lowest BCUT2D eigenvalue weighted by Crippen LogP contribution is -2.45. The van der Waals surface area contributed by atoms with Gasteiger partial charge in [-0.2, -0.15) is 22.0 Å². The molecule has 8 heteroatoms. The van der Waals surface area contributed by atoms with Gasteiger partial charge in [-0.1, -0.05) is 25.5 Å². The van der Waals surface area contributed by atoms with Gasteiger partial charge in [0.1, 0.15) is 0 Å². The van der Waals surface area contributed by atoms with Crippen molar-refractivity contribution in [2.75, 3.05) is 0 Å². The summed E-state index contributed by atoms with van der Waals surface area (Å²) in [5.41, 5.74) is 0.0190. The third-order valence-electron chi connectivity index (χ3n) is 6.80. The Morgan fingerprint density at radius 1 is 0.903 bits per heavy atom. The van der Waals surface area contributed by atoms with Gasteiger partial charge in [0.05, 0.1) is 17.6 Å². The molecular formula is C23H29F7O. The van der Waals surface area contributed by atoms with Crippen LogP contribution in [-0.4, -0.2) is 18.1 Å². The third kappa shape index (κ3) is 5.93. The molecule has 0 spiro atoms. The zero-order valence-electron chi connectivity index (χ0n) is 17.5. The smallest absolute Gasteiger partial charge is 0.317 e. The van der Waals surface area contributed by atoms with Crippen LogP contribution in [0.3, 0.4) is 0 Å². The number of alkyl halides is 7. The molecule has 2 fully saturated rings. The van der Waals surface area contributed by atoms with Crippen molar-refractivity contribution in [3.63, 3.8) is 0 Å². The topological polar surface area (TPSA) is 9.23 Å². The van der Waals surface area contributed by atoms with Gasteiger partial charge in [0.2, 0.25) is 0 Å². The molecule has 0 aromatic heterocycles. The number of hydrogen-bond donors (Lipinski definition) is 0. The fourth-order valence-corrected chi connectivity index (χ4v) is 4.98. The van der Waals surface area contributed by atoms with Crippen LogP contribution >= 0.6 is 0 Å². The van der Waals surface area contributed by atoms with Gasteiger partial charge in [-0.3, -0.25) is 0 Å². The molecule has 0 amide bonds. The summed E-state index contributed by atoms with van der Waals surface area (Å²) in [5, 5.41) is 0. The fourth-order valence-electron chi connectivity index (χ4n) is 4.98. The van der Waals surface area contributed by atoms with E-state index >= 15 is 0 Å². The Bertz CT molecular complexity index is 706. The highest BCUT2D eigenvalue weighted by Crippen LogP contribution is 2.49. The highest BCUT2D eigenvalue weighted by atomic mass is 19.4. The molecule has 0 radical (unpaired) electrons. The quantitative estimate of drug-likeness (QED) is 0.394. The Hall–Kier alpha value is -1.31. The average Bonchev–Trinajstić information content (AvgIpc) is 2.69. The van der Waals surface area contributed by atoms with Crippen molar-refractivity contribution in [2.45, 2.75) is 94.9 Å². The molecule has 0 aliphatic heterocycles. The van der Waals surface area contributed by atoms with E-state index in [1.54, 1.807) is 6.92 Å². The van der Waals surface area contributed by atoms with E-state index in [-0.39, 0.29) is 18.8 Å². The molecule has 1 aromatic rings. The molecule has 1 nitrogen and oxygen atoms in total. The van der Waals surface area contributed by atoms with Crippen LogP contribution in [0.15, 0.2) is 24.3 Å². The van der Waals surface area contributed by atoms with Crippen LogP contribution < -0.4 is 0 Å². The Morgan fingerprint density at radius 3 is 2.03 bits per heavy atom. The summed E-state index contributed by atoms with van der Waals surface area (Å²) in [4.78, 5) is 0. The minimum absolute atomic E-state index is 0.0220. The monoisotopic (exact) mass is 454 g/mol. The lowest BCUT2D eigenvalue weighted by molar-refractivity contribution is -0.313. The Kier molecular flexibility index (Phi) is 7.28. The summed E-state index contributed by atoms with van der Waals surface area (Å²) in [6.45, 7) is 1.81. The van der Waals surface area contributed by atoms with Gasteiger partial charge in [0.15, 0.2) is 0 Å². The zero-order valence-corrected chi connectivity index (χ0v) is 17.5. The Balaban J connectivity index is 1.53. The van der Waals surface area contributed by atoms with Gasteiger partial charge in [-0.25, -0.2) is 8.78 Å². The van der Waals surface area contributed by atoms with E-state index in [4.69, 9.17) is 4.74 Å². The molecule has 2 saturated carbocycles. The molecule has 31 heavy (non-hydrogen) atoms. The summed E-state index contributed by atoms with van der Waals surface area (Å²) in [7, 11) is 0. The first kappa shape index (κ1) is 24.3. The van der Waals surface area contributed by atoms with Crippen LogP contribution in [0.1, 0.15) is 81.8 Å². The summed E-state index contributed by atoms with van der Waals surface area (Å²) < 4.78 is 101. The molecule has 176 valence electrons. The van der Waals surface area contributed by atoms with Crippen molar-refractivity contribution < 1.29 is 35.5 Å². The molecule has 0 saturated heterocycles. The van der Waals surface area contributed by atoms with E-state index in [0.717, 1.165) is 17.7 Å². The maximum absolute atomic E-state index is 14.7.